The molecule has 0 heterocycles. The molecule has 5 heteroatoms. The van der Waals surface area contributed by atoms with E-state index in [4.69, 9.17) is 0 Å². The molecule has 0 aliphatic heterocycles. The van der Waals surface area contributed by atoms with Crippen molar-refractivity contribution < 1.29 is 23.1 Å². The van der Waals surface area contributed by atoms with E-state index in [1.54, 1.807) is 6.92 Å². The Balaban J connectivity index is 1.80. The summed E-state index contributed by atoms with van der Waals surface area (Å²) in [6, 6.07) is 0. The maximum absolute atomic E-state index is 14.3. The Morgan fingerprint density at radius 3 is 2.56 bits per heavy atom. The second-order valence-electron chi connectivity index (χ2n) is 10.2. The van der Waals surface area contributed by atoms with Crippen LogP contribution in [0, 0.1) is 40.4 Å². The number of aliphatic hydroxyl groups is 1. The van der Waals surface area contributed by atoms with Crippen LogP contribution in [0.3, 0.4) is 0 Å². The lowest BCUT2D eigenvalue weighted by molar-refractivity contribution is -0.241. The molecule has 3 fully saturated rings. The fourth-order valence-electron chi connectivity index (χ4n) is 7.82. The summed E-state index contributed by atoms with van der Waals surface area (Å²) in [6.45, 7) is 5.52. The summed E-state index contributed by atoms with van der Waals surface area (Å²) in [7, 11) is 0. The van der Waals surface area contributed by atoms with Crippen LogP contribution in [-0.4, -0.2) is 23.2 Å². The fourth-order valence-corrected chi connectivity index (χ4v) is 7.82. The SMILES string of the molecule is CC(=O)[C@H]1CCC2C3CC=C4CC(O)CC[C@]4(C)C3C(C(F)(F)F)C[C@@]21C. The molecule has 0 spiro atoms. The van der Waals surface area contributed by atoms with Crippen molar-refractivity contribution in [1.29, 1.82) is 0 Å². The Morgan fingerprint density at radius 2 is 1.93 bits per heavy atom. The van der Waals surface area contributed by atoms with Gasteiger partial charge >= 0.3 is 6.18 Å². The molecule has 5 unspecified atom stereocenters. The van der Waals surface area contributed by atoms with Gasteiger partial charge in [0.15, 0.2) is 0 Å². The lowest BCUT2D eigenvalue weighted by Gasteiger charge is -2.60. The van der Waals surface area contributed by atoms with Crippen LogP contribution >= 0.6 is 0 Å². The first-order chi connectivity index (χ1) is 12.5. The highest BCUT2D eigenvalue weighted by Crippen LogP contribution is 2.69. The first-order valence-electron chi connectivity index (χ1n) is 10.4. The van der Waals surface area contributed by atoms with Crippen LogP contribution in [0.5, 0.6) is 0 Å². The molecule has 8 atom stereocenters. The van der Waals surface area contributed by atoms with E-state index in [0.717, 1.165) is 18.4 Å². The van der Waals surface area contributed by atoms with E-state index < -0.39 is 34.9 Å². The Kier molecular flexibility index (Phi) is 4.38. The smallest absolute Gasteiger partial charge is 0.392 e. The van der Waals surface area contributed by atoms with Gasteiger partial charge in [0.2, 0.25) is 0 Å². The molecule has 0 saturated heterocycles. The molecule has 0 aromatic rings. The number of halogens is 3. The number of carbonyl (C=O) groups is 1. The molecule has 3 saturated carbocycles. The van der Waals surface area contributed by atoms with Gasteiger partial charge in [-0.2, -0.15) is 13.2 Å². The monoisotopic (exact) mass is 384 g/mol. The Hall–Kier alpha value is -0.840. The molecule has 27 heavy (non-hydrogen) atoms. The van der Waals surface area contributed by atoms with Crippen LogP contribution in [0.15, 0.2) is 11.6 Å². The molecular formula is C22H31F3O2. The molecule has 152 valence electrons. The first kappa shape index (κ1) is 19.5. The minimum atomic E-state index is -4.25. The summed E-state index contributed by atoms with van der Waals surface area (Å²) in [4.78, 5) is 12.2. The number of rotatable bonds is 1. The number of aliphatic hydroxyl groups excluding tert-OH is 1. The van der Waals surface area contributed by atoms with Crippen molar-refractivity contribution >= 4 is 5.78 Å². The Labute approximate surface area is 159 Å². The maximum atomic E-state index is 14.3. The van der Waals surface area contributed by atoms with Gasteiger partial charge in [0.1, 0.15) is 5.78 Å². The van der Waals surface area contributed by atoms with Gasteiger partial charge in [-0.05, 0) is 80.5 Å². The molecule has 0 amide bonds. The van der Waals surface area contributed by atoms with Crippen LogP contribution in [0.2, 0.25) is 0 Å². The number of hydrogen-bond donors (Lipinski definition) is 1. The zero-order chi connectivity index (χ0) is 19.8. The van der Waals surface area contributed by atoms with E-state index in [0.29, 0.717) is 25.7 Å². The van der Waals surface area contributed by atoms with Gasteiger partial charge in [-0.3, -0.25) is 4.79 Å². The van der Waals surface area contributed by atoms with E-state index in [-0.39, 0.29) is 30.0 Å². The number of carbonyl (C=O) groups excluding carboxylic acids is 1. The lowest BCUT2D eigenvalue weighted by Crippen LogP contribution is -2.57. The van der Waals surface area contributed by atoms with Crippen molar-refractivity contribution in [1.82, 2.24) is 0 Å². The van der Waals surface area contributed by atoms with Crippen molar-refractivity contribution in [3.63, 3.8) is 0 Å². The standard InChI is InChI=1S/C22H31F3O2/c1-12(26)16-6-7-17-15-5-4-13-10-14(27)8-9-20(13,2)19(15)18(22(23,24)25)11-21(16,17)3/h4,14-19,27H,5-11H2,1-3H3/t14?,15?,16-,17?,18?,19?,20+,21-/m1/s1. The van der Waals surface area contributed by atoms with Crippen LogP contribution in [-0.2, 0) is 4.79 Å². The molecule has 2 nitrogen and oxygen atoms in total. The van der Waals surface area contributed by atoms with Crippen LogP contribution in [0.1, 0.15) is 65.7 Å². The predicted octanol–water partition coefficient (Wildman–Crippen LogP) is 5.30. The second kappa shape index (κ2) is 6.08. The van der Waals surface area contributed by atoms with E-state index in [1.807, 2.05) is 13.8 Å². The van der Waals surface area contributed by atoms with Gasteiger partial charge in [-0.1, -0.05) is 25.5 Å². The van der Waals surface area contributed by atoms with Crippen LogP contribution in [0.4, 0.5) is 13.2 Å². The maximum Gasteiger partial charge on any atom is 0.392 e. The third kappa shape index (κ3) is 2.74. The van der Waals surface area contributed by atoms with Crippen LogP contribution < -0.4 is 0 Å². The zero-order valence-electron chi connectivity index (χ0n) is 16.5. The number of Topliss-reactive ketones (excluding diaryl/α,β-unsaturated/α-hetero) is 1. The average Bonchev–Trinajstić information content (AvgIpc) is 2.91. The van der Waals surface area contributed by atoms with Crippen molar-refractivity contribution in [2.45, 2.75) is 78.0 Å². The first-order valence-corrected chi connectivity index (χ1v) is 10.4. The van der Waals surface area contributed by atoms with Crippen molar-refractivity contribution in [2.75, 3.05) is 0 Å². The minimum absolute atomic E-state index is 0.0104. The fraction of sp³-hybridized carbons (Fsp3) is 0.864. The summed E-state index contributed by atoms with van der Waals surface area (Å²) in [6.07, 6.45) is 1.55. The predicted molar refractivity (Wildman–Crippen MR) is 96.8 cm³/mol. The quantitative estimate of drug-likeness (QED) is 0.623. The minimum Gasteiger partial charge on any atom is -0.393 e. The summed E-state index contributed by atoms with van der Waals surface area (Å²) in [5.74, 6) is -1.78. The van der Waals surface area contributed by atoms with Gasteiger partial charge < -0.3 is 5.11 Å². The molecular weight excluding hydrogens is 353 g/mol. The highest BCUT2D eigenvalue weighted by molar-refractivity contribution is 5.79. The van der Waals surface area contributed by atoms with Gasteiger partial charge in [0.05, 0.1) is 12.0 Å². The van der Waals surface area contributed by atoms with Crippen molar-refractivity contribution in [3.05, 3.63) is 11.6 Å². The van der Waals surface area contributed by atoms with E-state index in [2.05, 4.69) is 6.08 Å². The number of allylic oxidation sites excluding steroid dienone is 1. The Bertz CT molecular complexity index is 669. The van der Waals surface area contributed by atoms with Crippen molar-refractivity contribution in [2.24, 2.45) is 40.4 Å². The molecule has 1 N–H and O–H groups in total. The van der Waals surface area contributed by atoms with Gasteiger partial charge in [0.25, 0.3) is 0 Å². The third-order valence-corrected chi connectivity index (χ3v) is 8.95. The largest absolute Gasteiger partial charge is 0.393 e. The molecule has 0 aromatic heterocycles. The molecule has 4 aliphatic carbocycles. The van der Waals surface area contributed by atoms with E-state index in [9.17, 15) is 23.1 Å². The van der Waals surface area contributed by atoms with Gasteiger partial charge in [-0.15, -0.1) is 0 Å². The summed E-state index contributed by atoms with van der Waals surface area (Å²) < 4.78 is 43.0. The summed E-state index contributed by atoms with van der Waals surface area (Å²) in [5, 5.41) is 10.1. The second-order valence-corrected chi connectivity index (χ2v) is 10.2. The highest BCUT2D eigenvalue weighted by atomic mass is 19.4. The molecule has 0 aromatic carbocycles. The molecule has 4 aliphatic rings. The van der Waals surface area contributed by atoms with E-state index >= 15 is 0 Å². The van der Waals surface area contributed by atoms with Gasteiger partial charge in [-0.25, -0.2) is 0 Å². The third-order valence-electron chi connectivity index (χ3n) is 8.95. The van der Waals surface area contributed by atoms with Gasteiger partial charge in [0, 0.05) is 5.92 Å². The van der Waals surface area contributed by atoms with E-state index in [1.165, 1.54) is 0 Å². The topological polar surface area (TPSA) is 37.3 Å². The zero-order valence-corrected chi connectivity index (χ0v) is 16.5. The highest BCUT2D eigenvalue weighted by Gasteiger charge is 2.66. The molecule has 0 bridgehead atoms. The Morgan fingerprint density at radius 1 is 1.22 bits per heavy atom. The molecule has 0 radical (unpaired) electrons. The number of hydrogen-bond acceptors (Lipinski definition) is 2. The average molecular weight is 384 g/mol. The normalized spacial score (nSPS) is 49.7. The summed E-state index contributed by atoms with van der Waals surface area (Å²) >= 11 is 0. The summed E-state index contributed by atoms with van der Waals surface area (Å²) in [5.41, 5.74) is 0.0302. The lowest BCUT2D eigenvalue weighted by atomic mass is 9.44. The molecule has 4 rings (SSSR count). The van der Waals surface area contributed by atoms with Crippen molar-refractivity contribution in [3.8, 4) is 0 Å². The number of alkyl halides is 3. The number of fused-ring (bicyclic) bond motifs is 5. The van der Waals surface area contributed by atoms with Crippen LogP contribution in [0.25, 0.3) is 0 Å². The number of ketones is 1.